The predicted octanol–water partition coefficient (Wildman–Crippen LogP) is 0.982. The van der Waals surface area contributed by atoms with Gasteiger partial charge in [-0.15, -0.1) is 0 Å². The van der Waals surface area contributed by atoms with Gasteiger partial charge in [0.15, 0.2) is 5.58 Å². The molecule has 6 nitrogen and oxygen atoms in total. The molecule has 1 heterocycles. The van der Waals surface area contributed by atoms with Gasteiger partial charge in [0.2, 0.25) is 5.91 Å². The van der Waals surface area contributed by atoms with E-state index in [2.05, 4.69) is 10.3 Å². The zero-order valence-electron chi connectivity index (χ0n) is 10.4. The molecule has 2 rings (SSSR count). The fourth-order valence-electron chi connectivity index (χ4n) is 1.66. The van der Waals surface area contributed by atoms with Crippen LogP contribution in [-0.4, -0.2) is 31.0 Å². The molecule has 0 saturated heterocycles. The minimum atomic E-state index is -0.0739. The van der Waals surface area contributed by atoms with Crippen LogP contribution in [0, 0.1) is 0 Å². The second-order valence-corrected chi connectivity index (χ2v) is 4.00. The Kier molecular flexibility index (Phi) is 3.36. The van der Waals surface area contributed by atoms with E-state index in [1.54, 1.807) is 30.1 Å². The number of fused-ring (bicyclic) bond motifs is 1. The largest absolute Gasteiger partial charge is 0.423 e. The van der Waals surface area contributed by atoms with E-state index in [1.807, 2.05) is 6.92 Å². The second-order valence-electron chi connectivity index (χ2n) is 4.00. The van der Waals surface area contributed by atoms with Crippen LogP contribution in [-0.2, 0) is 4.79 Å². The number of nitrogens with one attached hydrogen (secondary N) is 1. The molecule has 0 saturated carbocycles. The molecular weight excluding hydrogens is 232 g/mol. The SMILES string of the molecule is CCNC(=O)CN(C)c1nc2c(N)cccc2o1. The minimum absolute atomic E-state index is 0.0739. The Balaban J connectivity index is 2.20. The number of aromatic nitrogens is 1. The Bertz CT molecular complexity index is 564. The van der Waals surface area contributed by atoms with E-state index in [9.17, 15) is 4.79 Å². The van der Waals surface area contributed by atoms with Crippen molar-refractivity contribution in [2.45, 2.75) is 6.92 Å². The fourth-order valence-corrected chi connectivity index (χ4v) is 1.66. The lowest BCUT2D eigenvalue weighted by Crippen LogP contribution is -2.35. The topological polar surface area (TPSA) is 84.4 Å². The lowest BCUT2D eigenvalue weighted by atomic mass is 10.3. The molecule has 1 aromatic heterocycles. The van der Waals surface area contributed by atoms with Crippen molar-refractivity contribution < 1.29 is 9.21 Å². The van der Waals surface area contributed by atoms with Gasteiger partial charge in [0.25, 0.3) is 6.01 Å². The zero-order valence-corrected chi connectivity index (χ0v) is 10.4. The van der Waals surface area contributed by atoms with E-state index < -0.39 is 0 Å². The highest BCUT2D eigenvalue weighted by Crippen LogP contribution is 2.25. The molecule has 0 aliphatic rings. The number of hydrogen-bond acceptors (Lipinski definition) is 5. The number of rotatable bonds is 4. The Labute approximate surface area is 105 Å². The highest BCUT2D eigenvalue weighted by Gasteiger charge is 2.14. The number of carbonyl (C=O) groups excluding carboxylic acids is 1. The van der Waals surface area contributed by atoms with Gasteiger partial charge in [0, 0.05) is 13.6 Å². The first-order chi connectivity index (χ1) is 8.61. The number of benzene rings is 1. The average molecular weight is 248 g/mol. The monoisotopic (exact) mass is 248 g/mol. The summed E-state index contributed by atoms with van der Waals surface area (Å²) in [7, 11) is 1.75. The third-order valence-corrected chi connectivity index (χ3v) is 2.52. The number of oxazole rings is 1. The maximum atomic E-state index is 11.5. The lowest BCUT2D eigenvalue weighted by Gasteiger charge is -2.13. The Hall–Kier alpha value is -2.24. The second kappa shape index (κ2) is 4.95. The van der Waals surface area contributed by atoms with Crippen molar-refractivity contribution >= 4 is 28.7 Å². The van der Waals surface area contributed by atoms with Gasteiger partial charge in [-0.05, 0) is 19.1 Å². The van der Waals surface area contributed by atoms with Crippen molar-refractivity contribution in [1.29, 1.82) is 0 Å². The molecule has 1 aromatic carbocycles. The third kappa shape index (κ3) is 2.37. The normalized spacial score (nSPS) is 10.6. The number of para-hydroxylation sites is 1. The fraction of sp³-hybridized carbons (Fsp3) is 0.333. The predicted molar refractivity (Wildman–Crippen MR) is 70.4 cm³/mol. The van der Waals surface area contributed by atoms with E-state index in [0.717, 1.165) is 0 Å². The van der Waals surface area contributed by atoms with Crippen LogP contribution < -0.4 is 16.0 Å². The molecular formula is C12H16N4O2. The van der Waals surface area contributed by atoms with Crippen molar-refractivity contribution in [1.82, 2.24) is 10.3 Å². The van der Waals surface area contributed by atoms with Crippen LogP contribution in [0.15, 0.2) is 22.6 Å². The van der Waals surface area contributed by atoms with Crippen LogP contribution in [0.3, 0.4) is 0 Å². The van der Waals surface area contributed by atoms with Crippen LogP contribution in [0.1, 0.15) is 6.92 Å². The molecule has 6 heteroatoms. The molecule has 0 atom stereocenters. The molecule has 0 aliphatic heterocycles. The maximum Gasteiger partial charge on any atom is 0.298 e. The first kappa shape index (κ1) is 12.2. The van der Waals surface area contributed by atoms with Crippen molar-refractivity contribution in [2.75, 3.05) is 30.8 Å². The van der Waals surface area contributed by atoms with Crippen molar-refractivity contribution in [3.8, 4) is 0 Å². The number of nitrogen functional groups attached to an aromatic ring is 1. The van der Waals surface area contributed by atoms with Crippen LogP contribution in [0.2, 0.25) is 0 Å². The maximum absolute atomic E-state index is 11.5. The van der Waals surface area contributed by atoms with Gasteiger partial charge in [0.05, 0.1) is 5.69 Å². The highest BCUT2D eigenvalue weighted by molar-refractivity contribution is 5.87. The van der Waals surface area contributed by atoms with Gasteiger partial charge < -0.3 is 20.4 Å². The first-order valence-electron chi connectivity index (χ1n) is 5.74. The Morgan fingerprint density at radius 2 is 2.33 bits per heavy atom. The van der Waals surface area contributed by atoms with Crippen molar-refractivity contribution in [3.63, 3.8) is 0 Å². The number of anilines is 2. The quantitative estimate of drug-likeness (QED) is 0.788. The minimum Gasteiger partial charge on any atom is -0.423 e. The summed E-state index contributed by atoms with van der Waals surface area (Å²) in [5, 5.41) is 2.72. The molecule has 0 unspecified atom stereocenters. The lowest BCUT2D eigenvalue weighted by molar-refractivity contribution is -0.119. The Morgan fingerprint density at radius 1 is 1.56 bits per heavy atom. The van der Waals surface area contributed by atoms with Crippen molar-refractivity contribution in [2.24, 2.45) is 0 Å². The number of nitrogens with zero attached hydrogens (tertiary/aromatic N) is 2. The molecule has 96 valence electrons. The van der Waals surface area contributed by atoms with Gasteiger partial charge in [-0.3, -0.25) is 4.79 Å². The standard InChI is InChI=1S/C12H16N4O2/c1-3-14-10(17)7-16(2)12-15-11-8(13)5-4-6-9(11)18-12/h4-6H,3,7,13H2,1-2H3,(H,14,17). The molecule has 1 amide bonds. The summed E-state index contributed by atoms with van der Waals surface area (Å²) < 4.78 is 5.54. The summed E-state index contributed by atoms with van der Waals surface area (Å²) in [4.78, 5) is 17.4. The molecule has 3 N–H and O–H groups in total. The molecule has 0 bridgehead atoms. The van der Waals surface area contributed by atoms with E-state index in [4.69, 9.17) is 10.2 Å². The highest BCUT2D eigenvalue weighted by atomic mass is 16.4. The van der Waals surface area contributed by atoms with Gasteiger partial charge in [-0.25, -0.2) is 0 Å². The van der Waals surface area contributed by atoms with E-state index >= 15 is 0 Å². The molecule has 0 aliphatic carbocycles. The van der Waals surface area contributed by atoms with Gasteiger partial charge in [0.1, 0.15) is 12.1 Å². The van der Waals surface area contributed by atoms with E-state index in [-0.39, 0.29) is 12.5 Å². The van der Waals surface area contributed by atoms with Crippen LogP contribution in [0.25, 0.3) is 11.1 Å². The Morgan fingerprint density at radius 3 is 3.00 bits per heavy atom. The summed E-state index contributed by atoms with van der Waals surface area (Å²) in [6.45, 7) is 2.67. The van der Waals surface area contributed by atoms with Gasteiger partial charge in [-0.1, -0.05) is 6.07 Å². The molecule has 0 spiro atoms. The summed E-state index contributed by atoms with van der Waals surface area (Å²) in [6.07, 6.45) is 0. The summed E-state index contributed by atoms with van der Waals surface area (Å²) in [5.41, 5.74) is 7.60. The van der Waals surface area contributed by atoms with Gasteiger partial charge in [-0.2, -0.15) is 4.98 Å². The third-order valence-electron chi connectivity index (χ3n) is 2.52. The van der Waals surface area contributed by atoms with Crippen LogP contribution in [0.4, 0.5) is 11.7 Å². The number of hydrogen-bond donors (Lipinski definition) is 2. The first-order valence-corrected chi connectivity index (χ1v) is 5.74. The molecule has 0 fully saturated rings. The average Bonchev–Trinajstić information content (AvgIpc) is 2.74. The van der Waals surface area contributed by atoms with Crippen molar-refractivity contribution in [3.05, 3.63) is 18.2 Å². The molecule has 18 heavy (non-hydrogen) atoms. The zero-order chi connectivity index (χ0) is 13.1. The summed E-state index contributed by atoms with van der Waals surface area (Å²) in [5.74, 6) is -0.0739. The number of carbonyl (C=O) groups is 1. The molecule has 0 radical (unpaired) electrons. The number of nitrogens with two attached hydrogens (primary N) is 1. The number of amides is 1. The van der Waals surface area contributed by atoms with Crippen LogP contribution >= 0.6 is 0 Å². The summed E-state index contributed by atoms with van der Waals surface area (Å²) >= 11 is 0. The van der Waals surface area contributed by atoms with E-state index in [1.165, 1.54) is 0 Å². The van der Waals surface area contributed by atoms with Gasteiger partial charge >= 0.3 is 0 Å². The summed E-state index contributed by atoms with van der Waals surface area (Å²) in [6, 6.07) is 5.74. The number of likely N-dealkylation sites (N-methyl/N-ethyl adjacent to an activating group) is 2. The molecule has 2 aromatic rings. The smallest absolute Gasteiger partial charge is 0.298 e. The van der Waals surface area contributed by atoms with Crippen LogP contribution in [0.5, 0.6) is 0 Å². The van der Waals surface area contributed by atoms with E-state index in [0.29, 0.717) is 29.3 Å².